The summed E-state index contributed by atoms with van der Waals surface area (Å²) in [6.07, 6.45) is 1.83. The second-order valence-electron chi connectivity index (χ2n) is 3.44. The third-order valence-corrected chi connectivity index (χ3v) is 2.38. The Labute approximate surface area is 91.0 Å². The maximum Gasteiger partial charge on any atom is 0.165 e. The number of aliphatic hydroxyl groups is 1. The van der Waals surface area contributed by atoms with Crippen LogP contribution in [-0.4, -0.2) is 14.7 Å². The van der Waals surface area contributed by atoms with Crippen LogP contribution >= 0.6 is 0 Å². The fraction of sp³-hybridized carbons (Fsp3) is 0.182. The first kappa shape index (κ1) is 10.8. The molecule has 1 unspecified atom stereocenters. The molecule has 16 heavy (non-hydrogen) atoms. The van der Waals surface area contributed by atoms with Crippen molar-refractivity contribution in [3.8, 4) is 0 Å². The summed E-state index contributed by atoms with van der Waals surface area (Å²) in [7, 11) is 1.67. The van der Waals surface area contributed by atoms with Gasteiger partial charge in [-0.15, -0.1) is 0 Å². The highest BCUT2D eigenvalue weighted by molar-refractivity contribution is 5.25. The SMILES string of the molecule is Cn1ccnc1C(O)c1cccc(F)c1F. The van der Waals surface area contributed by atoms with E-state index in [9.17, 15) is 13.9 Å². The predicted molar refractivity (Wildman–Crippen MR) is 53.6 cm³/mol. The number of halogens is 2. The summed E-state index contributed by atoms with van der Waals surface area (Å²) in [5.74, 6) is -1.76. The lowest BCUT2D eigenvalue weighted by molar-refractivity contribution is 0.199. The second-order valence-corrected chi connectivity index (χ2v) is 3.44. The zero-order valence-electron chi connectivity index (χ0n) is 8.56. The molecule has 1 aromatic heterocycles. The molecule has 0 radical (unpaired) electrons. The summed E-state index contributed by atoms with van der Waals surface area (Å²) < 4.78 is 27.9. The van der Waals surface area contributed by atoms with Crippen molar-refractivity contribution in [3.05, 3.63) is 53.6 Å². The van der Waals surface area contributed by atoms with Crippen LogP contribution in [0.3, 0.4) is 0 Å². The number of aromatic nitrogens is 2. The van der Waals surface area contributed by atoms with Gasteiger partial charge in [-0.25, -0.2) is 13.8 Å². The highest BCUT2D eigenvalue weighted by Crippen LogP contribution is 2.23. The van der Waals surface area contributed by atoms with Gasteiger partial charge in [0.2, 0.25) is 0 Å². The normalized spacial score (nSPS) is 12.8. The second kappa shape index (κ2) is 4.02. The van der Waals surface area contributed by atoms with Gasteiger partial charge in [-0.3, -0.25) is 0 Å². The average molecular weight is 224 g/mol. The van der Waals surface area contributed by atoms with Crippen LogP contribution in [0, 0.1) is 11.6 Å². The number of imidazole rings is 1. The first-order chi connectivity index (χ1) is 7.61. The van der Waals surface area contributed by atoms with E-state index in [1.54, 1.807) is 17.8 Å². The lowest BCUT2D eigenvalue weighted by Gasteiger charge is -2.11. The molecular weight excluding hydrogens is 214 g/mol. The van der Waals surface area contributed by atoms with Gasteiger partial charge < -0.3 is 9.67 Å². The summed E-state index contributed by atoms with van der Waals surface area (Å²) in [6, 6.07) is 3.68. The van der Waals surface area contributed by atoms with E-state index in [-0.39, 0.29) is 11.4 Å². The maximum atomic E-state index is 13.4. The lowest BCUT2D eigenvalue weighted by atomic mass is 10.1. The number of nitrogens with zero attached hydrogens (tertiary/aromatic N) is 2. The Kier molecular flexibility index (Phi) is 2.70. The number of rotatable bonds is 2. The molecular formula is C11H10F2N2O. The van der Waals surface area contributed by atoms with E-state index in [4.69, 9.17) is 0 Å². The zero-order valence-corrected chi connectivity index (χ0v) is 8.56. The van der Waals surface area contributed by atoms with Crippen LogP contribution < -0.4 is 0 Å². The Hall–Kier alpha value is -1.75. The van der Waals surface area contributed by atoms with Crippen molar-refractivity contribution in [1.29, 1.82) is 0 Å². The van der Waals surface area contributed by atoms with Crippen molar-refractivity contribution in [2.45, 2.75) is 6.10 Å². The molecule has 0 saturated heterocycles. The lowest BCUT2D eigenvalue weighted by Crippen LogP contribution is -2.09. The third kappa shape index (κ3) is 1.69. The highest BCUT2D eigenvalue weighted by Gasteiger charge is 2.20. The van der Waals surface area contributed by atoms with Crippen molar-refractivity contribution >= 4 is 0 Å². The summed E-state index contributed by atoms with van der Waals surface area (Å²) in [5.41, 5.74) is -0.116. The minimum atomic E-state index is -1.27. The van der Waals surface area contributed by atoms with Gasteiger partial charge in [0.15, 0.2) is 11.6 Å². The highest BCUT2D eigenvalue weighted by atomic mass is 19.2. The van der Waals surface area contributed by atoms with Gasteiger partial charge in [0.1, 0.15) is 11.9 Å². The molecule has 0 bridgehead atoms. The van der Waals surface area contributed by atoms with Crippen LogP contribution in [0.5, 0.6) is 0 Å². The molecule has 0 aliphatic rings. The van der Waals surface area contributed by atoms with E-state index in [2.05, 4.69) is 4.98 Å². The number of aliphatic hydroxyl groups excluding tert-OH is 1. The summed E-state index contributed by atoms with van der Waals surface area (Å²) in [5, 5.41) is 9.88. The Morgan fingerprint density at radius 1 is 1.38 bits per heavy atom. The van der Waals surface area contributed by atoms with E-state index in [0.29, 0.717) is 0 Å². The van der Waals surface area contributed by atoms with Crippen LogP contribution in [0.1, 0.15) is 17.5 Å². The number of aryl methyl sites for hydroxylation is 1. The first-order valence-electron chi connectivity index (χ1n) is 4.70. The van der Waals surface area contributed by atoms with E-state index in [1.807, 2.05) is 0 Å². The van der Waals surface area contributed by atoms with Crippen LogP contribution in [0.4, 0.5) is 8.78 Å². The minimum absolute atomic E-state index is 0.116. The molecule has 1 atom stereocenters. The van der Waals surface area contributed by atoms with Crippen molar-refractivity contribution in [2.24, 2.45) is 7.05 Å². The van der Waals surface area contributed by atoms with Crippen molar-refractivity contribution < 1.29 is 13.9 Å². The van der Waals surface area contributed by atoms with Crippen LogP contribution in [0.25, 0.3) is 0 Å². The smallest absolute Gasteiger partial charge is 0.165 e. The number of hydrogen-bond acceptors (Lipinski definition) is 2. The Balaban J connectivity index is 2.46. The molecule has 0 aliphatic carbocycles. The summed E-state index contributed by atoms with van der Waals surface area (Å²) in [4.78, 5) is 3.89. The molecule has 5 heteroatoms. The van der Waals surface area contributed by atoms with E-state index >= 15 is 0 Å². The van der Waals surface area contributed by atoms with Crippen LogP contribution in [-0.2, 0) is 7.05 Å². The fourth-order valence-corrected chi connectivity index (χ4v) is 1.51. The molecule has 1 heterocycles. The fourth-order valence-electron chi connectivity index (χ4n) is 1.51. The molecule has 0 saturated carbocycles. The zero-order chi connectivity index (χ0) is 11.7. The standard InChI is InChI=1S/C11H10F2N2O/c1-15-6-5-14-11(15)10(16)7-3-2-4-8(12)9(7)13/h2-6,10,16H,1H3. The van der Waals surface area contributed by atoms with Gasteiger partial charge in [-0.2, -0.15) is 0 Å². The average Bonchev–Trinajstić information content (AvgIpc) is 2.68. The molecule has 0 spiro atoms. The van der Waals surface area contributed by atoms with Gasteiger partial charge in [0.05, 0.1) is 0 Å². The van der Waals surface area contributed by atoms with Crippen LogP contribution in [0.15, 0.2) is 30.6 Å². The van der Waals surface area contributed by atoms with E-state index in [0.717, 1.165) is 6.07 Å². The topological polar surface area (TPSA) is 38.0 Å². The number of hydrogen-bond donors (Lipinski definition) is 1. The molecule has 1 aromatic carbocycles. The molecule has 2 rings (SSSR count). The Morgan fingerprint density at radius 3 is 2.75 bits per heavy atom. The minimum Gasteiger partial charge on any atom is -0.380 e. The summed E-state index contributed by atoms with van der Waals surface area (Å²) in [6.45, 7) is 0. The van der Waals surface area contributed by atoms with Crippen molar-refractivity contribution in [1.82, 2.24) is 9.55 Å². The van der Waals surface area contributed by atoms with E-state index < -0.39 is 17.7 Å². The molecule has 84 valence electrons. The van der Waals surface area contributed by atoms with Crippen LogP contribution in [0.2, 0.25) is 0 Å². The van der Waals surface area contributed by atoms with Gasteiger partial charge in [-0.05, 0) is 6.07 Å². The van der Waals surface area contributed by atoms with E-state index in [1.165, 1.54) is 18.3 Å². The third-order valence-electron chi connectivity index (χ3n) is 2.38. The molecule has 3 nitrogen and oxygen atoms in total. The largest absolute Gasteiger partial charge is 0.380 e. The number of benzene rings is 1. The predicted octanol–water partition coefficient (Wildman–Crippen LogP) is 1.78. The first-order valence-corrected chi connectivity index (χ1v) is 4.70. The molecule has 0 aliphatic heterocycles. The Morgan fingerprint density at radius 2 is 2.12 bits per heavy atom. The van der Waals surface area contributed by atoms with Gasteiger partial charge >= 0.3 is 0 Å². The molecule has 1 N–H and O–H groups in total. The van der Waals surface area contributed by atoms with Crippen molar-refractivity contribution in [2.75, 3.05) is 0 Å². The van der Waals surface area contributed by atoms with Gasteiger partial charge in [0, 0.05) is 25.0 Å². The van der Waals surface area contributed by atoms with Gasteiger partial charge in [0.25, 0.3) is 0 Å². The Bertz CT molecular complexity index is 510. The molecule has 0 fully saturated rings. The quantitative estimate of drug-likeness (QED) is 0.844. The molecule has 2 aromatic rings. The molecule has 0 amide bonds. The summed E-state index contributed by atoms with van der Waals surface area (Å²) >= 11 is 0. The monoisotopic (exact) mass is 224 g/mol. The van der Waals surface area contributed by atoms with Gasteiger partial charge in [-0.1, -0.05) is 12.1 Å². The van der Waals surface area contributed by atoms with Crippen molar-refractivity contribution in [3.63, 3.8) is 0 Å². The maximum absolute atomic E-state index is 13.4.